The van der Waals surface area contributed by atoms with Crippen molar-refractivity contribution in [3.05, 3.63) is 46.5 Å². The Morgan fingerprint density at radius 2 is 2.12 bits per heavy atom. The number of hydrogen-bond acceptors (Lipinski definition) is 6. The molecule has 2 rings (SSSR count). The Morgan fingerprint density at radius 1 is 1.36 bits per heavy atom. The van der Waals surface area contributed by atoms with Crippen LogP contribution in [0.4, 0.5) is 0 Å². The number of carbonyl (C=O) groups excluding carboxylic acids is 2. The van der Waals surface area contributed by atoms with Crippen LogP contribution in [0.25, 0.3) is 0 Å². The molecule has 1 aromatic heterocycles. The van der Waals surface area contributed by atoms with Crippen LogP contribution in [0.1, 0.15) is 41.9 Å². The van der Waals surface area contributed by atoms with E-state index in [1.807, 2.05) is 38.3 Å². The molecule has 0 saturated heterocycles. The molecule has 0 spiro atoms. The zero-order valence-corrected chi connectivity index (χ0v) is 16.2. The summed E-state index contributed by atoms with van der Waals surface area (Å²) < 4.78 is 6.13. The van der Waals surface area contributed by atoms with Crippen molar-refractivity contribution in [3.8, 4) is 0 Å². The highest BCUT2D eigenvalue weighted by molar-refractivity contribution is 8.00. The highest BCUT2D eigenvalue weighted by Crippen LogP contribution is 2.27. The minimum absolute atomic E-state index is 0.0663. The summed E-state index contributed by atoms with van der Waals surface area (Å²) >= 11 is 3.17. The van der Waals surface area contributed by atoms with E-state index in [2.05, 4.69) is 10.3 Å². The number of thioether (sulfide) groups is 1. The van der Waals surface area contributed by atoms with Gasteiger partial charge in [0.25, 0.3) is 5.91 Å². The minimum atomic E-state index is -0.481. The van der Waals surface area contributed by atoms with Gasteiger partial charge in [0.15, 0.2) is 6.61 Å². The summed E-state index contributed by atoms with van der Waals surface area (Å²) in [7, 11) is 0. The van der Waals surface area contributed by atoms with E-state index in [9.17, 15) is 9.59 Å². The Bertz CT molecular complexity index is 731. The standard InChI is InChI=1S/C18H22N2O3S2/c1-4-12(2)19-16(21)9-23-17(22)15-8-6-5-7-14(15)11-25-18-20-13(3)10-24-18/h5-8,10,12H,4,9,11H2,1-3H3,(H,19,21)/t12-/m1/s1. The molecule has 0 fully saturated rings. The second-order valence-electron chi connectivity index (χ2n) is 5.65. The summed E-state index contributed by atoms with van der Waals surface area (Å²) in [6.07, 6.45) is 0.829. The molecule has 1 heterocycles. The van der Waals surface area contributed by atoms with Crippen molar-refractivity contribution < 1.29 is 14.3 Å². The fraction of sp³-hybridized carbons (Fsp3) is 0.389. The van der Waals surface area contributed by atoms with E-state index in [4.69, 9.17) is 4.74 Å². The van der Waals surface area contributed by atoms with Crippen LogP contribution in [0.3, 0.4) is 0 Å². The molecule has 25 heavy (non-hydrogen) atoms. The van der Waals surface area contributed by atoms with Gasteiger partial charge in [-0.05, 0) is 31.9 Å². The number of rotatable bonds is 8. The average Bonchev–Trinajstić information content (AvgIpc) is 3.03. The predicted octanol–water partition coefficient (Wildman–Crippen LogP) is 3.82. The Hall–Kier alpha value is -1.86. The maximum atomic E-state index is 12.3. The lowest BCUT2D eigenvalue weighted by atomic mass is 10.1. The molecule has 0 aliphatic heterocycles. The van der Waals surface area contributed by atoms with Crippen molar-refractivity contribution in [2.24, 2.45) is 0 Å². The van der Waals surface area contributed by atoms with Gasteiger partial charge in [0.2, 0.25) is 0 Å². The number of nitrogens with zero attached hydrogens (tertiary/aromatic N) is 1. The normalized spacial score (nSPS) is 11.8. The number of aryl methyl sites for hydroxylation is 1. The Labute approximate surface area is 156 Å². The summed E-state index contributed by atoms with van der Waals surface area (Å²) in [6.45, 7) is 5.58. The molecular weight excluding hydrogens is 356 g/mol. The Balaban J connectivity index is 1.94. The first-order chi connectivity index (χ1) is 12.0. The first kappa shape index (κ1) is 19.5. The molecule has 1 amide bonds. The highest BCUT2D eigenvalue weighted by atomic mass is 32.2. The lowest BCUT2D eigenvalue weighted by Crippen LogP contribution is -2.35. The first-order valence-corrected chi connectivity index (χ1v) is 9.95. The zero-order chi connectivity index (χ0) is 18.2. The third kappa shape index (κ3) is 6.17. The molecule has 0 aliphatic rings. The lowest BCUT2D eigenvalue weighted by molar-refractivity contribution is -0.124. The molecular formula is C18H22N2O3S2. The van der Waals surface area contributed by atoms with Crippen molar-refractivity contribution in [1.29, 1.82) is 0 Å². The molecule has 2 aromatic rings. The van der Waals surface area contributed by atoms with E-state index >= 15 is 0 Å². The predicted molar refractivity (Wildman–Crippen MR) is 101 cm³/mol. The van der Waals surface area contributed by atoms with Crippen LogP contribution >= 0.6 is 23.1 Å². The van der Waals surface area contributed by atoms with Gasteiger partial charge in [-0.3, -0.25) is 4.79 Å². The SMILES string of the molecule is CC[C@@H](C)NC(=O)COC(=O)c1ccccc1CSc1nc(C)cs1. The number of ether oxygens (including phenoxy) is 1. The van der Waals surface area contributed by atoms with Crippen LogP contribution in [-0.4, -0.2) is 29.5 Å². The monoisotopic (exact) mass is 378 g/mol. The Morgan fingerprint density at radius 3 is 2.80 bits per heavy atom. The highest BCUT2D eigenvalue weighted by Gasteiger charge is 2.15. The van der Waals surface area contributed by atoms with Crippen molar-refractivity contribution in [1.82, 2.24) is 10.3 Å². The molecule has 134 valence electrons. The van der Waals surface area contributed by atoms with Gasteiger partial charge in [-0.2, -0.15) is 0 Å². The quantitative estimate of drug-likeness (QED) is 0.559. The fourth-order valence-corrected chi connectivity index (χ4v) is 3.86. The van der Waals surface area contributed by atoms with Gasteiger partial charge in [0.05, 0.1) is 5.56 Å². The van der Waals surface area contributed by atoms with Gasteiger partial charge in [0, 0.05) is 22.9 Å². The maximum Gasteiger partial charge on any atom is 0.338 e. The smallest absolute Gasteiger partial charge is 0.338 e. The largest absolute Gasteiger partial charge is 0.452 e. The number of aromatic nitrogens is 1. The molecule has 0 radical (unpaired) electrons. The first-order valence-electron chi connectivity index (χ1n) is 8.09. The van der Waals surface area contributed by atoms with Crippen LogP contribution in [0.5, 0.6) is 0 Å². The van der Waals surface area contributed by atoms with Crippen LogP contribution in [0.2, 0.25) is 0 Å². The lowest BCUT2D eigenvalue weighted by Gasteiger charge is -2.12. The van der Waals surface area contributed by atoms with E-state index in [1.165, 1.54) is 0 Å². The van der Waals surface area contributed by atoms with Crippen LogP contribution in [0, 0.1) is 6.92 Å². The van der Waals surface area contributed by atoms with Crippen LogP contribution in [-0.2, 0) is 15.3 Å². The summed E-state index contributed by atoms with van der Waals surface area (Å²) in [6, 6.07) is 7.35. The number of amides is 1. The average molecular weight is 379 g/mol. The van der Waals surface area contributed by atoms with Gasteiger partial charge in [-0.25, -0.2) is 9.78 Å². The Kier molecular flexibility index (Phi) is 7.46. The molecule has 0 unspecified atom stereocenters. The van der Waals surface area contributed by atoms with Crippen molar-refractivity contribution >= 4 is 35.0 Å². The molecule has 0 bridgehead atoms. The molecule has 0 aliphatic carbocycles. The number of carbonyl (C=O) groups is 2. The second kappa shape index (κ2) is 9.58. The van der Waals surface area contributed by atoms with Crippen molar-refractivity contribution in [3.63, 3.8) is 0 Å². The van der Waals surface area contributed by atoms with E-state index in [0.717, 1.165) is 22.0 Å². The van der Waals surface area contributed by atoms with E-state index in [0.29, 0.717) is 11.3 Å². The van der Waals surface area contributed by atoms with Crippen LogP contribution < -0.4 is 5.32 Å². The molecule has 5 nitrogen and oxygen atoms in total. The molecule has 1 aromatic carbocycles. The third-order valence-electron chi connectivity index (χ3n) is 3.54. The van der Waals surface area contributed by atoms with Gasteiger partial charge in [-0.15, -0.1) is 11.3 Å². The number of benzene rings is 1. The minimum Gasteiger partial charge on any atom is -0.452 e. The molecule has 7 heteroatoms. The van der Waals surface area contributed by atoms with E-state index in [-0.39, 0.29) is 18.6 Å². The summed E-state index contributed by atoms with van der Waals surface area (Å²) in [5.41, 5.74) is 2.35. The number of nitrogens with one attached hydrogen (secondary N) is 1. The number of hydrogen-bond donors (Lipinski definition) is 1. The van der Waals surface area contributed by atoms with Crippen molar-refractivity contribution in [2.45, 2.75) is 43.3 Å². The summed E-state index contributed by atoms with van der Waals surface area (Å²) in [5.74, 6) is -0.143. The van der Waals surface area contributed by atoms with E-state index in [1.54, 1.807) is 35.2 Å². The van der Waals surface area contributed by atoms with Gasteiger partial charge < -0.3 is 10.1 Å². The van der Waals surface area contributed by atoms with Crippen molar-refractivity contribution in [2.75, 3.05) is 6.61 Å². The van der Waals surface area contributed by atoms with Gasteiger partial charge in [0.1, 0.15) is 4.34 Å². The van der Waals surface area contributed by atoms with Gasteiger partial charge in [-0.1, -0.05) is 36.9 Å². The third-order valence-corrected chi connectivity index (χ3v) is 5.73. The molecule has 1 atom stereocenters. The maximum absolute atomic E-state index is 12.3. The zero-order valence-electron chi connectivity index (χ0n) is 14.6. The van der Waals surface area contributed by atoms with E-state index < -0.39 is 5.97 Å². The number of thiazole rings is 1. The molecule has 0 saturated carbocycles. The topological polar surface area (TPSA) is 68.3 Å². The second-order valence-corrected chi connectivity index (χ2v) is 7.73. The van der Waals surface area contributed by atoms with Crippen LogP contribution in [0.15, 0.2) is 34.0 Å². The fourth-order valence-electron chi connectivity index (χ4n) is 2.01. The number of esters is 1. The summed E-state index contributed by atoms with van der Waals surface area (Å²) in [5, 5.41) is 4.77. The molecule has 1 N–H and O–H groups in total. The van der Waals surface area contributed by atoms with Gasteiger partial charge >= 0.3 is 5.97 Å². The summed E-state index contributed by atoms with van der Waals surface area (Å²) in [4.78, 5) is 28.5.